The minimum Gasteiger partial charge on any atom is -0.419 e. The lowest BCUT2D eigenvalue weighted by Crippen LogP contribution is -2.43. The third-order valence-corrected chi connectivity index (χ3v) is 6.68. The molecule has 0 fully saturated rings. The molecule has 1 aliphatic heterocycles. The quantitative estimate of drug-likeness (QED) is 0.192. The van der Waals surface area contributed by atoms with E-state index in [-0.39, 0.29) is 35.5 Å². The molecule has 2 heterocycles. The first-order valence-corrected chi connectivity index (χ1v) is 11.2. The topological polar surface area (TPSA) is 142 Å². The second-order valence-corrected chi connectivity index (χ2v) is 8.78. The lowest BCUT2D eigenvalue weighted by molar-refractivity contribution is -0.131. The summed E-state index contributed by atoms with van der Waals surface area (Å²) in [6, 6.07) is 7.09. The highest BCUT2D eigenvalue weighted by atomic mass is 35.5. The van der Waals surface area contributed by atoms with Crippen LogP contribution in [0.4, 0.5) is 4.39 Å². The number of carbonyl (C=O) groups excluding carboxylic acids is 2. The predicted octanol–water partition coefficient (Wildman–Crippen LogP) is 4.10. The number of nitrogens with zero attached hydrogens (tertiary/aromatic N) is 3. The summed E-state index contributed by atoms with van der Waals surface area (Å²) in [5.74, 6) is -2.10. The van der Waals surface area contributed by atoms with E-state index in [1.54, 1.807) is 12.1 Å². The van der Waals surface area contributed by atoms with Crippen LogP contribution in [0, 0.1) is 16.6 Å². The molecule has 0 unspecified atom stereocenters. The van der Waals surface area contributed by atoms with Crippen LogP contribution in [0.1, 0.15) is 46.8 Å². The van der Waals surface area contributed by atoms with Crippen LogP contribution in [-0.2, 0) is 11.2 Å². The standard InChI is InChI=1S/C22H25FN6O3S.ClH/c1-3-22(4-2,21(31)26-11-14-12-27-29-28-14)10-15-6-8-18(33-15)20(30)32-17-7-5-13(19(24)25)9-16(17)23;/h5-9H,3-4,10-12H2,1-2H3,(H3,24,25)(H,26,31);1H. The van der Waals surface area contributed by atoms with Gasteiger partial charge in [0.15, 0.2) is 11.6 Å². The van der Waals surface area contributed by atoms with Crippen LogP contribution in [0.5, 0.6) is 5.75 Å². The fourth-order valence-corrected chi connectivity index (χ4v) is 4.45. The third kappa shape index (κ3) is 6.23. The van der Waals surface area contributed by atoms with E-state index in [4.69, 9.17) is 15.9 Å². The van der Waals surface area contributed by atoms with E-state index in [1.807, 2.05) is 13.8 Å². The molecule has 9 nitrogen and oxygen atoms in total. The maximum atomic E-state index is 14.2. The molecule has 0 bridgehead atoms. The van der Waals surface area contributed by atoms with E-state index in [0.717, 1.165) is 10.9 Å². The molecule has 0 aliphatic carbocycles. The maximum Gasteiger partial charge on any atom is 0.353 e. The van der Waals surface area contributed by atoms with Gasteiger partial charge in [0.1, 0.15) is 17.3 Å². The van der Waals surface area contributed by atoms with Crippen molar-refractivity contribution in [2.24, 2.45) is 26.6 Å². The second kappa shape index (κ2) is 11.8. The van der Waals surface area contributed by atoms with E-state index in [0.29, 0.717) is 42.9 Å². The highest BCUT2D eigenvalue weighted by Gasteiger charge is 2.35. The van der Waals surface area contributed by atoms with Gasteiger partial charge in [-0.25, -0.2) is 9.18 Å². The molecular weight excluding hydrogens is 483 g/mol. The smallest absolute Gasteiger partial charge is 0.353 e. The number of amidine groups is 1. The number of hydrogen-bond acceptors (Lipinski definition) is 8. The van der Waals surface area contributed by atoms with Crippen molar-refractivity contribution in [3.8, 4) is 5.75 Å². The second-order valence-electron chi connectivity index (χ2n) is 7.62. The average molecular weight is 509 g/mol. The molecule has 12 heteroatoms. The van der Waals surface area contributed by atoms with Gasteiger partial charge in [-0.15, -0.1) is 28.8 Å². The first-order chi connectivity index (χ1) is 15.8. The van der Waals surface area contributed by atoms with Crippen LogP contribution in [0.3, 0.4) is 0 Å². The van der Waals surface area contributed by atoms with Crippen LogP contribution in [0.2, 0.25) is 0 Å². The molecule has 0 atom stereocenters. The number of ether oxygens (including phenoxy) is 1. The number of hydrogen-bond donors (Lipinski definition) is 3. The van der Waals surface area contributed by atoms with E-state index < -0.39 is 17.2 Å². The first kappa shape index (κ1) is 27.1. The fourth-order valence-electron chi connectivity index (χ4n) is 3.42. The largest absolute Gasteiger partial charge is 0.419 e. The summed E-state index contributed by atoms with van der Waals surface area (Å²) < 4.78 is 19.4. The molecule has 1 aromatic heterocycles. The Balaban J connectivity index is 0.00000408. The number of esters is 1. The molecule has 3 rings (SSSR count). The van der Waals surface area contributed by atoms with E-state index >= 15 is 0 Å². The Hall–Kier alpha value is -3.18. The summed E-state index contributed by atoms with van der Waals surface area (Å²) in [4.78, 5) is 26.7. The van der Waals surface area contributed by atoms with Crippen molar-refractivity contribution < 1.29 is 18.7 Å². The minimum atomic E-state index is -0.784. The molecule has 4 N–H and O–H groups in total. The molecule has 0 saturated carbocycles. The van der Waals surface area contributed by atoms with Crippen LogP contribution >= 0.6 is 23.7 Å². The van der Waals surface area contributed by atoms with Gasteiger partial charge < -0.3 is 15.8 Å². The Labute approximate surface area is 206 Å². The van der Waals surface area contributed by atoms with Crippen molar-refractivity contribution in [1.29, 1.82) is 5.41 Å². The van der Waals surface area contributed by atoms with E-state index in [9.17, 15) is 14.0 Å². The number of nitrogens with two attached hydrogens (primary N) is 1. The number of benzene rings is 1. The third-order valence-electron chi connectivity index (χ3n) is 5.61. The van der Waals surface area contributed by atoms with Gasteiger partial charge in [0.25, 0.3) is 0 Å². The highest BCUT2D eigenvalue weighted by Crippen LogP contribution is 2.34. The highest BCUT2D eigenvalue weighted by molar-refractivity contribution is 7.14. The fraction of sp³-hybridized carbons (Fsp3) is 0.364. The number of rotatable bonds is 10. The van der Waals surface area contributed by atoms with Crippen molar-refractivity contribution in [3.05, 3.63) is 51.5 Å². The van der Waals surface area contributed by atoms with Gasteiger partial charge >= 0.3 is 5.97 Å². The van der Waals surface area contributed by atoms with Crippen LogP contribution < -0.4 is 15.8 Å². The van der Waals surface area contributed by atoms with Gasteiger partial charge in [-0.05, 0) is 54.8 Å². The number of halogens is 2. The summed E-state index contributed by atoms with van der Waals surface area (Å²) in [6.07, 6.45) is 1.68. The molecule has 0 saturated heterocycles. The number of carbonyl (C=O) groups is 2. The lowest BCUT2D eigenvalue weighted by Gasteiger charge is -2.30. The molecule has 1 amide bonds. The maximum absolute atomic E-state index is 14.2. The monoisotopic (exact) mass is 508 g/mol. The molecule has 1 aliphatic rings. The zero-order valence-corrected chi connectivity index (χ0v) is 20.4. The summed E-state index contributed by atoms with van der Waals surface area (Å²) in [7, 11) is 0. The Morgan fingerprint density at radius 1 is 1.26 bits per heavy atom. The normalized spacial score (nSPS) is 12.6. The SMILES string of the molecule is CCC(CC)(Cc1ccc(C(=O)Oc2ccc(C(=N)N)cc2F)s1)C(=O)NCC1=NN=NC1.Cl. The van der Waals surface area contributed by atoms with Gasteiger partial charge in [-0.3, -0.25) is 10.2 Å². The van der Waals surface area contributed by atoms with Crippen molar-refractivity contribution in [2.45, 2.75) is 33.1 Å². The number of nitrogen functional groups attached to an aromatic ring is 1. The number of nitrogens with one attached hydrogen (secondary N) is 2. The molecule has 2 aromatic rings. The van der Waals surface area contributed by atoms with Gasteiger partial charge in [0.05, 0.1) is 17.7 Å². The Bertz CT molecular complexity index is 1130. The molecular formula is C22H26ClFN6O3S. The van der Waals surface area contributed by atoms with Crippen molar-refractivity contribution >= 4 is 47.2 Å². The predicted molar refractivity (Wildman–Crippen MR) is 131 cm³/mol. The van der Waals surface area contributed by atoms with Crippen molar-refractivity contribution in [1.82, 2.24) is 5.32 Å². The summed E-state index contributed by atoms with van der Waals surface area (Å²) >= 11 is 1.21. The molecule has 1 aromatic carbocycles. The lowest BCUT2D eigenvalue weighted by atomic mass is 9.77. The van der Waals surface area contributed by atoms with Gasteiger partial charge in [-0.2, -0.15) is 5.11 Å². The van der Waals surface area contributed by atoms with E-state index in [2.05, 4.69) is 20.8 Å². The summed E-state index contributed by atoms with van der Waals surface area (Å²) in [5.41, 5.74) is 5.60. The number of amides is 1. The van der Waals surface area contributed by atoms with Crippen molar-refractivity contribution in [3.63, 3.8) is 0 Å². The molecule has 34 heavy (non-hydrogen) atoms. The molecule has 0 spiro atoms. The molecule has 0 radical (unpaired) electrons. The van der Waals surface area contributed by atoms with Crippen LogP contribution in [0.15, 0.2) is 45.8 Å². The average Bonchev–Trinajstić information content (AvgIpc) is 3.49. The van der Waals surface area contributed by atoms with Gasteiger partial charge in [-0.1, -0.05) is 13.8 Å². The Morgan fingerprint density at radius 3 is 2.59 bits per heavy atom. The van der Waals surface area contributed by atoms with Crippen LogP contribution in [0.25, 0.3) is 0 Å². The number of thiophene rings is 1. The first-order valence-electron chi connectivity index (χ1n) is 10.4. The van der Waals surface area contributed by atoms with E-state index in [1.165, 1.54) is 23.5 Å². The summed E-state index contributed by atoms with van der Waals surface area (Å²) in [6.45, 7) is 4.60. The van der Waals surface area contributed by atoms with Gasteiger partial charge in [0.2, 0.25) is 5.91 Å². The summed E-state index contributed by atoms with van der Waals surface area (Å²) in [5, 5.41) is 21.5. The Morgan fingerprint density at radius 2 is 2.00 bits per heavy atom. The molecule has 182 valence electrons. The zero-order chi connectivity index (χ0) is 24.0. The van der Waals surface area contributed by atoms with Crippen molar-refractivity contribution in [2.75, 3.05) is 13.1 Å². The zero-order valence-electron chi connectivity index (χ0n) is 18.8. The van der Waals surface area contributed by atoms with Crippen LogP contribution in [-0.4, -0.2) is 36.5 Å². The Kier molecular flexibility index (Phi) is 9.39. The van der Waals surface area contributed by atoms with Gasteiger partial charge in [0, 0.05) is 10.4 Å². The minimum absolute atomic E-state index is 0.